The molecule has 0 spiro atoms. The zero-order chi connectivity index (χ0) is 20.7. The van der Waals surface area contributed by atoms with Crippen molar-refractivity contribution in [1.82, 2.24) is 4.90 Å². The molecule has 0 aliphatic carbocycles. The van der Waals surface area contributed by atoms with Crippen LogP contribution < -0.4 is 4.74 Å². The number of esters is 2. The van der Waals surface area contributed by atoms with Crippen LogP contribution in [0.25, 0.3) is 0 Å². The maximum atomic E-state index is 12.5. The van der Waals surface area contributed by atoms with E-state index in [1.54, 1.807) is 6.92 Å². The number of hydrogen-bond acceptors (Lipinski definition) is 8. The van der Waals surface area contributed by atoms with Gasteiger partial charge in [-0.15, -0.1) is 0 Å². The number of carbonyl (C=O) groups excluding carboxylic acids is 3. The van der Waals surface area contributed by atoms with Gasteiger partial charge < -0.3 is 19.1 Å². The largest absolute Gasteiger partial charge is 0.496 e. The van der Waals surface area contributed by atoms with Crippen molar-refractivity contribution in [2.75, 3.05) is 26.9 Å². The molecule has 1 fully saturated rings. The van der Waals surface area contributed by atoms with Gasteiger partial charge in [0.15, 0.2) is 6.61 Å². The number of nitrogens with zero attached hydrogens (tertiary/aromatic N) is 2. The molecule has 10 nitrogen and oxygen atoms in total. The van der Waals surface area contributed by atoms with Crippen LogP contribution >= 0.6 is 0 Å². The maximum Gasteiger partial charge on any atom is 0.342 e. The monoisotopic (exact) mass is 394 g/mol. The third kappa shape index (κ3) is 4.96. The third-order valence-corrected chi connectivity index (χ3v) is 4.32. The Morgan fingerprint density at radius 1 is 1.25 bits per heavy atom. The second-order valence-electron chi connectivity index (χ2n) is 6.07. The number of methoxy groups -OCH3 is 1. The van der Waals surface area contributed by atoms with Gasteiger partial charge in [-0.1, -0.05) is 0 Å². The van der Waals surface area contributed by atoms with Crippen molar-refractivity contribution in [3.8, 4) is 5.75 Å². The van der Waals surface area contributed by atoms with E-state index >= 15 is 0 Å². The fraction of sp³-hybridized carbons (Fsp3) is 0.500. The highest BCUT2D eigenvalue weighted by Gasteiger charge is 2.33. The van der Waals surface area contributed by atoms with Crippen molar-refractivity contribution in [3.63, 3.8) is 0 Å². The summed E-state index contributed by atoms with van der Waals surface area (Å²) in [7, 11) is 1.31. The lowest BCUT2D eigenvalue weighted by molar-refractivity contribution is -0.384. The summed E-state index contributed by atoms with van der Waals surface area (Å²) in [5.41, 5.74) is -0.470. The average molecular weight is 394 g/mol. The summed E-state index contributed by atoms with van der Waals surface area (Å²) < 4.78 is 15.0. The van der Waals surface area contributed by atoms with Crippen LogP contribution in [0.5, 0.6) is 5.75 Å². The van der Waals surface area contributed by atoms with Gasteiger partial charge in [0, 0.05) is 18.7 Å². The second-order valence-corrected chi connectivity index (χ2v) is 6.07. The summed E-state index contributed by atoms with van der Waals surface area (Å²) >= 11 is 0. The summed E-state index contributed by atoms with van der Waals surface area (Å²) in [6.07, 6.45) is 2.00. The molecule has 1 unspecified atom stereocenters. The Morgan fingerprint density at radius 2 is 2.00 bits per heavy atom. The lowest BCUT2D eigenvalue weighted by Crippen LogP contribution is -2.50. The highest BCUT2D eigenvalue weighted by molar-refractivity contribution is 5.95. The number of amides is 1. The van der Waals surface area contributed by atoms with Gasteiger partial charge in [0.1, 0.15) is 17.4 Å². The fourth-order valence-corrected chi connectivity index (χ4v) is 2.97. The molecule has 1 heterocycles. The molecule has 1 amide bonds. The molecule has 2 rings (SSSR count). The van der Waals surface area contributed by atoms with Crippen LogP contribution in [-0.4, -0.2) is 60.6 Å². The first-order valence-electron chi connectivity index (χ1n) is 8.84. The molecule has 0 saturated carbocycles. The van der Waals surface area contributed by atoms with E-state index < -0.39 is 35.4 Å². The summed E-state index contributed by atoms with van der Waals surface area (Å²) in [4.78, 5) is 48.5. The molecular weight excluding hydrogens is 372 g/mol. The van der Waals surface area contributed by atoms with Crippen molar-refractivity contribution in [2.45, 2.75) is 32.2 Å². The lowest BCUT2D eigenvalue weighted by atomic mass is 10.0. The fourth-order valence-electron chi connectivity index (χ4n) is 2.97. The van der Waals surface area contributed by atoms with Crippen molar-refractivity contribution >= 4 is 23.5 Å². The Bertz CT molecular complexity index is 764. The topological polar surface area (TPSA) is 125 Å². The van der Waals surface area contributed by atoms with E-state index in [1.165, 1.54) is 24.1 Å². The number of nitro groups is 1. The minimum absolute atomic E-state index is 0.0884. The van der Waals surface area contributed by atoms with Gasteiger partial charge in [-0.3, -0.25) is 14.9 Å². The van der Waals surface area contributed by atoms with E-state index in [1.807, 2.05) is 0 Å². The highest BCUT2D eigenvalue weighted by Crippen LogP contribution is 2.25. The highest BCUT2D eigenvalue weighted by atomic mass is 16.6. The number of nitro benzene ring substituents is 1. The van der Waals surface area contributed by atoms with E-state index in [0.29, 0.717) is 13.0 Å². The normalized spacial score (nSPS) is 16.2. The zero-order valence-electron chi connectivity index (χ0n) is 15.7. The van der Waals surface area contributed by atoms with Crippen LogP contribution in [0.3, 0.4) is 0 Å². The molecule has 0 radical (unpaired) electrons. The summed E-state index contributed by atoms with van der Waals surface area (Å²) in [5.74, 6) is -1.86. The van der Waals surface area contributed by atoms with Crippen molar-refractivity contribution in [1.29, 1.82) is 0 Å². The van der Waals surface area contributed by atoms with Gasteiger partial charge in [0.25, 0.3) is 11.6 Å². The van der Waals surface area contributed by atoms with E-state index in [2.05, 4.69) is 0 Å². The Balaban J connectivity index is 2.07. The Morgan fingerprint density at radius 3 is 2.64 bits per heavy atom. The van der Waals surface area contributed by atoms with E-state index in [9.17, 15) is 24.5 Å². The van der Waals surface area contributed by atoms with Crippen LogP contribution in [0.15, 0.2) is 18.2 Å². The summed E-state index contributed by atoms with van der Waals surface area (Å²) in [6, 6.07) is 2.79. The molecule has 1 aromatic rings. The molecule has 0 N–H and O–H groups in total. The minimum atomic E-state index is -0.932. The molecule has 1 saturated heterocycles. The summed E-state index contributed by atoms with van der Waals surface area (Å²) in [6.45, 7) is 1.65. The second kappa shape index (κ2) is 9.67. The van der Waals surface area contributed by atoms with Gasteiger partial charge in [-0.2, -0.15) is 0 Å². The average Bonchev–Trinajstić information content (AvgIpc) is 2.71. The van der Waals surface area contributed by atoms with Crippen molar-refractivity contribution in [3.05, 3.63) is 33.9 Å². The predicted octanol–water partition coefficient (Wildman–Crippen LogP) is 1.70. The Labute approximate surface area is 161 Å². The Hall–Kier alpha value is -3.17. The smallest absolute Gasteiger partial charge is 0.342 e. The van der Waals surface area contributed by atoms with Crippen molar-refractivity contribution in [2.24, 2.45) is 0 Å². The van der Waals surface area contributed by atoms with Crippen LogP contribution in [0, 0.1) is 10.1 Å². The number of non-ortho nitro benzene ring substituents is 1. The number of piperidine rings is 1. The first kappa shape index (κ1) is 21.1. The van der Waals surface area contributed by atoms with Crippen molar-refractivity contribution < 1.29 is 33.5 Å². The Kier molecular flexibility index (Phi) is 7.30. The van der Waals surface area contributed by atoms with Crippen LogP contribution in [0.1, 0.15) is 36.5 Å². The number of hydrogen-bond donors (Lipinski definition) is 0. The van der Waals surface area contributed by atoms with Gasteiger partial charge >= 0.3 is 11.9 Å². The first-order chi connectivity index (χ1) is 13.4. The van der Waals surface area contributed by atoms with Crippen LogP contribution in [0.2, 0.25) is 0 Å². The van der Waals surface area contributed by atoms with Crippen LogP contribution in [-0.2, 0) is 19.1 Å². The standard InChI is InChI=1S/C18H22N2O8/c1-3-27-18(23)14-6-4-5-9-19(14)16(21)11-28-17(22)13-10-12(20(24)25)7-8-15(13)26-2/h7-8,10,14H,3-6,9,11H2,1-2H3. The van der Waals surface area contributed by atoms with Gasteiger partial charge in [0.2, 0.25) is 0 Å². The molecule has 1 aromatic carbocycles. The quantitative estimate of drug-likeness (QED) is 0.389. The van der Waals surface area contributed by atoms with Crippen LogP contribution in [0.4, 0.5) is 5.69 Å². The first-order valence-corrected chi connectivity index (χ1v) is 8.84. The number of carbonyl (C=O) groups is 3. The minimum Gasteiger partial charge on any atom is -0.496 e. The molecule has 1 atom stereocenters. The predicted molar refractivity (Wildman–Crippen MR) is 95.9 cm³/mol. The summed E-state index contributed by atoms with van der Waals surface area (Å²) in [5, 5.41) is 10.9. The number of benzene rings is 1. The molecule has 10 heteroatoms. The zero-order valence-corrected chi connectivity index (χ0v) is 15.7. The maximum absolute atomic E-state index is 12.5. The van der Waals surface area contributed by atoms with E-state index in [4.69, 9.17) is 14.2 Å². The van der Waals surface area contributed by atoms with E-state index in [0.717, 1.165) is 18.9 Å². The van der Waals surface area contributed by atoms with E-state index in [-0.39, 0.29) is 23.6 Å². The van der Waals surface area contributed by atoms with Gasteiger partial charge in [0.05, 0.1) is 18.6 Å². The lowest BCUT2D eigenvalue weighted by Gasteiger charge is -2.33. The molecular formula is C18H22N2O8. The van der Waals surface area contributed by atoms with Gasteiger partial charge in [-0.25, -0.2) is 9.59 Å². The number of ether oxygens (including phenoxy) is 3. The molecule has 1 aliphatic heterocycles. The number of likely N-dealkylation sites (tertiary alicyclic amines) is 1. The molecule has 1 aliphatic rings. The third-order valence-electron chi connectivity index (χ3n) is 4.32. The number of rotatable bonds is 7. The molecule has 0 aromatic heterocycles. The molecule has 28 heavy (non-hydrogen) atoms. The van der Waals surface area contributed by atoms with Gasteiger partial charge in [-0.05, 0) is 32.3 Å². The molecule has 0 bridgehead atoms. The molecule has 152 valence electrons. The SMILES string of the molecule is CCOC(=O)C1CCCCN1C(=O)COC(=O)c1cc([N+](=O)[O-])ccc1OC.